The highest BCUT2D eigenvalue weighted by molar-refractivity contribution is 8.00. The van der Waals surface area contributed by atoms with E-state index in [0.29, 0.717) is 18.1 Å². The fourth-order valence-electron chi connectivity index (χ4n) is 2.48. The molecule has 2 heterocycles. The van der Waals surface area contributed by atoms with Gasteiger partial charge in [-0.2, -0.15) is 4.31 Å². The molecule has 25 heavy (non-hydrogen) atoms. The van der Waals surface area contributed by atoms with Crippen LogP contribution in [0, 0.1) is 0 Å². The lowest BCUT2D eigenvalue weighted by molar-refractivity contribution is -0.119. The minimum atomic E-state index is -3.54. The van der Waals surface area contributed by atoms with Gasteiger partial charge in [0.15, 0.2) is 0 Å². The predicted octanol–water partition coefficient (Wildman–Crippen LogP) is 1.32. The van der Waals surface area contributed by atoms with Crippen LogP contribution in [0.1, 0.15) is 32.6 Å². The van der Waals surface area contributed by atoms with Crippen LogP contribution < -0.4 is 11.1 Å². The number of carbonyl (C=O) groups is 2. The summed E-state index contributed by atoms with van der Waals surface area (Å²) in [5.41, 5.74) is 4.91. The SMILES string of the molecule is C[C@H](Sc1ccc(S(=O)(=O)N2CCCCCC2)cn1)C(=O)NC(N)=O. The van der Waals surface area contributed by atoms with E-state index < -0.39 is 27.2 Å². The van der Waals surface area contributed by atoms with Gasteiger partial charge in [0.2, 0.25) is 15.9 Å². The number of nitrogens with zero attached hydrogens (tertiary/aromatic N) is 2. The fraction of sp³-hybridized carbons (Fsp3) is 0.533. The number of hydrogen-bond acceptors (Lipinski definition) is 6. The van der Waals surface area contributed by atoms with Crippen molar-refractivity contribution in [1.82, 2.24) is 14.6 Å². The van der Waals surface area contributed by atoms with Crippen LogP contribution in [0.5, 0.6) is 0 Å². The van der Waals surface area contributed by atoms with Gasteiger partial charge in [-0.1, -0.05) is 24.6 Å². The summed E-state index contributed by atoms with van der Waals surface area (Å²) in [7, 11) is -3.54. The quantitative estimate of drug-likeness (QED) is 0.736. The second-order valence-corrected chi connectivity index (χ2v) is 9.06. The number of carbonyl (C=O) groups excluding carboxylic acids is 2. The first-order chi connectivity index (χ1) is 11.8. The molecular weight excluding hydrogens is 364 g/mol. The number of nitrogens with two attached hydrogens (primary N) is 1. The van der Waals surface area contributed by atoms with E-state index in [2.05, 4.69) is 4.98 Å². The van der Waals surface area contributed by atoms with Crippen molar-refractivity contribution in [1.29, 1.82) is 0 Å². The van der Waals surface area contributed by atoms with Crippen molar-refractivity contribution in [2.45, 2.75) is 47.8 Å². The molecule has 8 nitrogen and oxygen atoms in total. The zero-order valence-electron chi connectivity index (χ0n) is 14.0. The Hall–Kier alpha value is -1.65. The summed E-state index contributed by atoms with van der Waals surface area (Å²) < 4.78 is 26.8. The number of nitrogens with one attached hydrogen (secondary N) is 1. The largest absolute Gasteiger partial charge is 0.351 e. The van der Waals surface area contributed by atoms with Gasteiger partial charge in [-0.05, 0) is 31.9 Å². The molecule has 3 N–H and O–H groups in total. The topological polar surface area (TPSA) is 122 Å². The molecule has 138 valence electrons. The average Bonchev–Trinajstić information content (AvgIpc) is 2.84. The van der Waals surface area contributed by atoms with Gasteiger partial charge in [-0.25, -0.2) is 18.2 Å². The van der Waals surface area contributed by atoms with Crippen molar-refractivity contribution in [3.05, 3.63) is 18.3 Å². The smallest absolute Gasteiger partial charge is 0.318 e. The Labute approximate surface area is 151 Å². The molecular formula is C15H22N4O4S2. The van der Waals surface area contributed by atoms with Gasteiger partial charge < -0.3 is 5.73 Å². The van der Waals surface area contributed by atoms with Gasteiger partial charge in [0.25, 0.3) is 0 Å². The Morgan fingerprint density at radius 1 is 1.24 bits per heavy atom. The van der Waals surface area contributed by atoms with E-state index >= 15 is 0 Å². The standard InChI is InChI=1S/C15H22N4O4S2/c1-11(14(20)18-15(16)21)24-13-7-6-12(10-17-13)25(22,23)19-8-4-2-3-5-9-19/h6-7,10-11H,2-5,8-9H2,1H3,(H3,16,18,20,21)/t11-/m0/s1. The molecule has 1 aromatic rings. The Morgan fingerprint density at radius 2 is 1.88 bits per heavy atom. The van der Waals surface area contributed by atoms with Gasteiger partial charge in [0.1, 0.15) is 4.90 Å². The number of aromatic nitrogens is 1. The molecule has 1 aliphatic rings. The number of imide groups is 1. The van der Waals surface area contributed by atoms with Crippen LogP contribution in [0.25, 0.3) is 0 Å². The lowest BCUT2D eigenvalue weighted by Gasteiger charge is -2.19. The molecule has 1 aromatic heterocycles. The maximum Gasteiger partial charge on any atom is 0.318 e. The van der Waals surface area contributed by atoms with Crippen LogP contribution in [-0.4, -0.2) is 48.0 Å². The summed E-state index contributed by atoms with van der Waals surface area (Å²) in [4.78, 5) is 26.6. The molecule has 2 rings (SSSR count). The highest BCUT2D eigenvalue weighted by Gasteiger charge is 2.25. The van der Waals surface area contributed by atoms with E-state index in [9.17, 15) is 18.0 Å². The van der Waals surface area contributed by atoms with Crippen LogP contribution in [0.3, 0.4) is 0 Å². The maximum atomic E-state index is 12.7. The molecule has 0 unspecified atom stereocenters. The van der Waals surface area contributed by atoms with Gasteiger partial charge >= 0.3 is 6.03 Å². The van der Waals surface area contributed by atoms with E-state index in [-0.39, 0.29) is 4.90 Å². The number of pyridine rings is 1. The van der Waals surface area contributed by atoms with Crippen LogP contribution in [0.2, 0.25) is 0 Å². The second-order valence-electron chi connectivity index (χ2n) is 5.76. The van der Waals surface area contributed by atoms with E-state index in [1.54, 1.807) is 13.0 Å². The van der Waals surface area contributed by atoms with Gasteiger partial charge in [-0.3, -0.25) is 10.1 Å². The van der Waals surface area contributed by atoms with Crippen LogP contribution >= 0.6 is 11.8 Å². The molecule has 1 saturated heterocycles. The number of thioether (sulfide) groups is 1. The minimum absolute atomic E-state index is 0.146. The maximum absolute atomic E-state index is 12.7. The highest BCUT2D eigenvalue weighted by atomic mass is 32.2. The summed E-state index contributed by atoms with van der Waals surface area (Å²) in [5, 5.41) is 1.89. The van der Waals surface area contributed by atoms with E-state index in [0.717, 1.165) is 37.4 Å². The Balaban J connectivity index is 2.05. The number of urea groups is 1. The lowest BCUT2D eigenvalue weighted by Crippen LogP contribution is -2.39. The summed E-state index contributed by atoms with van der Waals surface area (Å²) in [6, 6.07) is 2.14. The highest BCUT2D eigenvalue weighted by Crippen LogP contribution is 2.24. The molecule has 10 heteroatoms. The van der Waals surface area contributed by atoms with E-state index in [1.807, 2.05) is 5.32 Å². The molecule has 0 aliphatic carbocycles. The Bertz CT molecular complexity index is 714. The van der Waals surface area contributed by atoms with Crippen LogP contribution in [0.15, 0.2) is 28.3 Å². The van der Waals surface area contributed by atoms with E-state index in [1.165, 1.54) is 16.6 Å². The summed E-state index contributed by atoms with van der Waals surface area (Å²) in [6.45, 7) is 2.67. The third kappa shape index (κ3) is 5.41. The summed E-state index contributed by atoms with van der Waals surface area (Å²) >= 11 is 1.11. The molecule has 0 aromatic carbocycles. The number of amides is 3. The number of hydrogen-bond donors (Lipinski definition) is 2. The molecule has 0 saturated carbocycles. The van der Waals surface area contributed by atoms with Crippen LogP contribution in [0.4, 0.5) is 4.79 Å². The first kappa shape index (κ1) is 19.7. The van der Waals surface area contributed by atoms with Crippen molar-refractivity contribution >= 4 is 33.7 Å². The lowest BCUT2D eigenvalue weighted by atomic mass is 10.2. The molecule has 1 atom stereocenters. The van der Waals surface area contributed by atoms with Crippen molar-refractivity contribution in [3.8, 4) is 0 Å². The van der Waals surface area contributed by atoms with Crippen molar-refractivity contribution in [2.75, 3.05) is 13.1 Å². The Kier molecular flexibility index (Phi) is 6.79. The zero-order valence-corrected chi connectivity index (χ0v) is 15.6. The van der Waals surface area contributed by atoms with Crippen molar-refractivity contribution in [2.24, 2.45) is 5.73 Å². The fourth-order valence-corrected chi connectivity index (χ4v) is 4.73. The van der Waals surface area contributed by atoms with Crippen molar-refractivity contribution in [3.63, 3.8) is 0 Å². The number of rotatable bonds is 5. The normalized spacial score (nSPS) is 17.5. The molecule has 0 radical (unpaired) electrons. The first-order valence-corrected chi connectivity index (χ1v) is 10.4. The van der Waals surface area contributed by atoms with Crippen molar-refractivity contribution < 1.29 is 18.0 Å². The van der Waals surface area contributed by atoms with Crippen LogP contribution in [-0.2, 0) is 14.8 Å². The summed E-state index contributed by atoms with van der Waals surface area (Å²) in [5.74, 6) is -0.527. The number of sulfonamides is 1. The molecule has 1 aliphatic heterocycles. The van der Waals surface area contributed by atoms with E-state index in [4.69, 9.17) is 5.73 Å². The first-order valence-electron chi connectivity index (χ1n) is 8.04. The Morgan fingerprint density at radius 3 is 2.40 bits per heavy atom. The predicted molar refractivity (Wildman–Crippen MR) is 94.5 cm³/mol. The van der Waals surface area contributed by atoms with Gasteiger partial charge in [0.05, 0.1) is 10.3 Å². The molecule has 3 amide bonds. The second kappa shape index (κ2) is 8.63. The van der Waals surface area contributed by atoms with Gasteiger partial charge in [0, 0.05) is 19.3 Å². The third-order valence-corrected chi connectivity index (χ3v) is 6.76. The third-order valence-electron chi connectivity index (χ3n) is 3.83. The monoisotopic (exact) mass is 386 g/mol. The zero-order chi connectivity index (χ0) is 18.4. The molecule has 0 spiro atoms. The minimum Gasteiger partial charge on any atom is -0.351 e. The number of primary amides is 1. The summed E-state index contributed by atoms with van der Waals surface area (Å²) in [6.07, 6.45) is 5.14. The van der Waals surface area contributed by atoms with Gasteiger partial charge in [-0.15, -0.1) is 0 Å². The molecule has 0 bridgehead atoms. The average molecular weight is 386 g/mol. The molecule has 1 fully saturated rings.